The van der Waals surface area contributed by atoms with E-state index in [0.717, 1.165) is 6.07 Å². The first kappa shape index (κ1) is 16.2. The SMILES string of the molecule is N#Cc1cc(-c2c(O)cc(C(=O)c3ccccc3)cc2O)ccc1F. The molecule has 122 valence electrons. The van der Waals surface area contributed by atoms with E-state index in [1.807, 2.05) is 0 Å². The Morgan fingerprint density at radius 2 is 1.56 bits per heavy atom. The van der Waals surface area contributed by atoms with Crippen LogP contribution in [0.2, 0.25) is 0 Å². The molecule has 2 N–H and O–H groups in total. The first-order valence-corrected chi connectivity index (χ1v) is 7.37. The number of benzene rings is 3. The van der Waals surface area contributed by atoms with Crippen LogP contribution in [0.1, 0.15) is 21.5 Å². The average Bonchev–Trinajstić information content (AvgIpc) is 2.62. The Morgan fingerprint density at radius 3 is 2.16 bits per heavy atom. The second kappa shape index (κ2) is 6.46. The molecule has 0 unspecified atom stereocenters. The van der Waals surface area contributed by atoms with Crippen molar-refractivity contribution >= 4 is 5.78 Å². The number of phenolic OH excluding ortho intramolecular Hbond substituents is 2. The molecule has 3 rings (SSSR count). The predicted molar refractivity (Wildman–Crippen MR) is 89.8 cm³/mol. The standard InChI is InChI=1S/C20H12FNO3/c21-16-7-6-13(8-15(16)11-22)19-17(23)9-14(10-18(19)24)20(25)12-4-2-1-3-5-12/h1-10,23-24H. The van der Waals surface area contributed by atoms with E-state index in [-0.39, 0.29) is 39.5 Å². The van der Waals surface area contributed by atoms with Gasteiger partial charge in [0.1, 0.15) is 23.4 Å². The van der Waals surface area contributed by atoms with E-state index in [1.54, 1.807) is 36.4 Å². The van der Waals surface area contributed by atoms with Crippen LogP contribution in [-0.4, -0.2) is 16.0 Å². The molecule has 0 aliphatic carbocycles. The monoisotopic (exact) mass is 333 g/mol. The van der Waals surface area contributed by atoms with Crippen molar-refractivity contribution in [2.45, 2.75) is 0 Å². The number of rotatable bonds is 3. The topological polar surface area (TPSA) is 81.3 Å². The zero-order valence-electron chi connectivity index (χ0n) is 12.9. The number of halogens is 1. The smallest absolute Gasteiger partial charge is 0.193 e. The van der Waals surface area contributed by atoms with Gasteiger partial charge in [-0.1, -0.05) is 36.4 Å². The van der Waals surface area contributed by atoms with Crippen molar-refractivity contribution in [1.29, 1.82) is 5.26 Å². The average molecular weight is 333 g/mol. The highest BCUT2D eigenvalue weighted by molar-refractivity contribution is 6.10. The van der Waals surface area contributed by atoms with E-state index in [1.165, 1.54) is 24.3 Å². The van der Waals surface area contributed by atoms with Gasteiger partial charge in [0.2, 0.25) is 0 Å². The molecule has 5 heteroatoms. The van der Waals surface area contributed by atoms with Gasteiger partial charge in [-0.15, -0.1) is 0 Å². The Bertz CT molecular complexity index is 984. The van der Waals surface area contributed by atoms with Gasteiger partial charge in [-0.3, -0.25) is 4.79 Å². The fourth-order valence-corrected chi connectivity index (χ4v) is 2.56. The summed E-state index contributed by atoms with van der Waals surface area (Å²) in [7, 11) is 0. The Labute approximate surface area is 143 Å². The van der Waals surface area contributed by atoms with Gasteiger partial charge in [-0.25, -0.2) is 4.39 Å². The summed E-state index contributed by atoms with van der Waals surface area (Å²) in [6.07, 6.45) is 0. The zero-order valence-corrected chi connectivity index (χ0v) is 12.9. The number of phenols is 2. The van der Waals surface area contributed by atoms with E-state index >= 15 is 0 Å². The fourth-order valence-electron chi connectivity index (χ4n) is 2.56. The molecule has 0 fully saturated rings. The van der Waals surface area contributed by atoms with Crippen LogP contribution in [-0.2, 0) is 0 Å². The molecule has 0 amide bonds. The Kier molecular flexibility index (Phi) is 4.19. The lowest BCUT2D eigenvalue weighted by Crippen LogP contribution is -2.01. The summed E-state index contributed by atoms with van der Waals surface area (Å²) in [4.78, 5) is 12.4. The highest BCUT2D eigenvalue weighted by Crippen LogP contribution is 2.39. The second-order valence-electron chi connectivity index (χ2n) is 5.39. The molecular weight excluding hydrogens is 321 g/mol. The van der Waals surface area contributed by atoms with Crippen LogP contribution in [0.25, 0.3) is 11.1 Å². The first-order valence-electron chi connectivity index (χ1n) is 7.37. The Balaban J connectivity index is 2.08. The lowest BCUT2D eigenvalue weighted by atomic mass is 9.96. The van der Waals surface area contributed by atoms with Gasteiger partial charge in [-0.05, 0) is 29.8 Å². The number of aromatic hydroxyl groups is 2. The van der Waals surface area contributed by atoms with Crippen molar-refractivity contribution in [2.75, 3.05) is 0 Å². The Hall–Kier alpha value is -3.65. The summed E-state index contributed by atoms with van der Waals surface area (Å²) in [5, 5.41) is 29.4. The van der Waals surface area contributed by atoms with Crippen molar-refractivity contribution in [3.8, 4) is 28.7 Å². The van der Waals surface area contributed by atoms with Gasteiger partial charge in [0, 0.05) is 11.1 Å². The van der Waals surface area contributed by atoms with E-state index in [4.69, 9.17) is 5.26 Å². The molecule has 0 aliphatic rings. The third-order valence-electron chi connectivity index (χ3n) is 3.77. The third kappa shape index (κ3) is 3.06. The van der Waals surface area contributed by atoms with Crippen LogP contribution in [0.4, 0.5) is 4.39 Å². The summed E-state index contributed by atoms with van der Waals surface area (Å²) in [5.41, 5.74) is 0.628. The molecule has 0 aromatic heterocycles. The molecule has 25 heavy (non-hydrogen) atoms. The largest absolute Gasteiger partial charge is 0.507 e. The normalized spacial score (nSPS) is 10.2. The lowest BCUT2D eigenvalue weighted by molar-refractivity contribution is 0.103. The summed E-state index contributed by atoms with van der Waals surface area (Å²) in [6, 6.07) is 16.3. The quantitative estimate of drug-likeness (QED) is 0.710. The van der Waals surface area contributed by atoms with Crippen LogP contribution in [0, 0.1) is 17.1 Å². The maximum Gasteiger partial charge on any atom is 0.193 e. The van der Waals surface area contributed by atoms with Crippen molar-refractivity contribution in [2.24, 2.45) is 0 Å². The third-order valence-corrected chi connectivity index (χ3v) is 3.77. The van der Waals surface area contributed by atoms with Gasteiger partial charge in [0.25, 0.3) is 0 Å². The van der Waals surface area contributed by atoms with Gasteiger partial charge in [0.05, 0.1) is 11.1 Å². The highest BCUT2D eigenvalue weighted by Gasteiger charge is 2.17. The van der Waals surface area contributed by atoms with Crippen LogP contribution >= 0.6 is 0 Å². The van der Waals surface area contributed by atoms with Crippen LogP contribution < -0.4 is 0 Å². The highest BCUT2D eigenvalue weighted by atomic mass is 19.1. The van der Waals surface area contributed by atoms with Crippen LogP contribution in [0.15, 0.2) is 60.7 Å². The van der Waals surface area contributed by atoms with Gasteiger partial charge in [0.15, 0.2) is 5.78 Å². The second-order valence-corrected chi connectivity index (χ2v) is 5.39. The molecule has 3 aromatic carbocycles. The van der Waals surface area contributed by atoms with E-state index in [0.29, 0.717) is 5.56 Å². The van der Waals surface area contributed by atoms with Gasteiger partial charge in [-0.2, -0.15) is 5.26 Å². The number of carbonyl (C=O) groups is 1. The summed E-state index contributed by atoms with van der Waals surface area (Å²) in [6.45, 7) is 0. The zero-order chi connectivity index (χ0) is 18.0. The minimum absolute atomic E-state index is 0.0288. The molecule has 0 aliphatic heterocycles. The maximum absolute atomic E-state index is 13.5. The number of carbonyl (C=O) groups excluding carboxylic acids is 1. The minimum atomic E-state index is -0.693. The van der Waals surface area contributed by atoms with Crippen molar-refractivity contribution in [1.82, 2.24) is 0 Å². The van der Waals surface area contributed by atoms with Crippen LogP contribution in [0.5, 0.6) is 11.5 Å². The number of hydrogen-bond donors (Lipinski definition) is 2. The van der Waals surface area contributed by atoms with Crippen molar-refractivity contribution < 1.29 is 19.4 Å². The molecule has 0 saturated carbocycles. The van der Waals surface area contributed by atoms with E-state index in [2.05, 4.69) is 0 Å². The first-order chi connectivity index (χ1) is 12.0. The summed E-state index contributed by atoms with van der Waals surface area (Å²) < 4.78 is 13.5. The number of hydrogen-bond acceptors (Lipinski definition) is 4. The number of nitriles is 1. The number of nitrogens with zero attached hydrogens (tertiary/aromatic N) is 1. The van der Waals surface area contributed by atoms with E-state index < -0.39 is 5.82 Å². The molecule has 0 radical (unpaired) electrons. The van der Waals surface area contributed by atoms with Gasteiger partial charge >= 0.3 is 0 Å². The van der Waals surface area contributed by atoms with Crippen molar-refractivity contribution in [3.05, 3.63) is 83.2 Å². The molecule has 0 spiro atoms. The molecule has 0 saturated heterocycles. The minimum Gasteiger partial charge on any atom is -0.507 e. The molecule has 0 bridgehead atoms. The molecule has 0 atom stereocenters. The summed E-state index contributed by atoms with van der Waals surface area (Å²) in [5.74, 6) is -1.72. The molecular formula is C20H12FNO3. The van der Waals surface area contributed by atoms with E-state index in [9.17, 15) is 19.4 Å². The molecule has 3 aromatic rings. The summed E-state index contributed by atoms with van der Waals surface area (Å²) >= 11 is 0. The predicted octanol–water partition coefficient (Wildman–Crippen LogP) is 4.01. The van der Waals surface area contributed by atoms with Crippen LogP contribution in [0.3, 0.4) is 0 Å². The van der Waals surface area contributed by atoms with Crippen molar-refractivity contribution in [3.63, 3.8) is 0 Å². The number of ketones is 1. The fraction of sp³-hybridized carbons (Fsp3) is 0. The molecule has 0 heterocycles. The lowest BCUT2D eigenvalue weighted by Gasteiger charge is -2.11. The molecule has 4 nitrogen and oxygen atoms in total. The van der Waals surface area contributed by atoms with Gasteiger partial charge < -0.3 is 10.2 Å². The maximum atomic E-state index is 13.5. The Morgan fingerprint density at radius 1 is 0.920 bits per heavy atom.